The quantitative estimate of drug-likeness (QED) is 0.775. The highest BCUT2D eigenvalue weighted by molar-refractivity contribution is 8.93. The van der Waals surface area contributed by atoms with Gasteiger partial charge in [0, 0.05) is 11.6 Å². The fraction of sp³-hybridized carbons (Fsp3) is 0. The van der Waals surface area contributed by atoms with E-state index in [2.05, 4.69) is 4.98 Å². The monoisotopic (exact) mass is 260 g/mol. The van der Waals surface area contributed by atoms with E-state index in [4.69, 9.17) is 5.73 Å². The van der Waals surface area contributed by atoms with E-state index < -0.39 is 0 Å². The van der Waals surface area contributed by atoms with Crippen molar-refractivity contribution in [2.45, 2.75) is 0 Å². The molecule has 0 spiro atoms. The van der Waals surface area contributed by atoms with Crippen molar-refractivity contribution in [1.29, 1.82) is 0 Å². The molecule has 0 bridgehead atoms. The maximum absolute atomic E-state index is 5.19. The van der Waals surface area contributed by atoms with Crippen LogP contribution in [0.25, 0.3) is 0 Å². The van der Waals surface area contributed by atoms with Gasteiger partial charge in [0.25, 0.3) is 0 Å². The van der Waals surface area contributed by atoms with Crippen LogP contribution in [0, 0.1) is 0 Å². The van der Waals surface area contributed by atoms with Gasteiger partial charge in [-0.2, -0.15) is 0 Å². The summed E-state index contributed by atoms with van der Waals surface area (Å²) in [5.41, 5.74) is 5.19. The lowest BCUT2D eigenvalue weighted by molar-refractivity contribution is 1.43. The number of nitrogens with zero attached hydrogens (tertiary/aromatic N) is 1. The van der Waals surface area contributed by atoms with Gasteiger partial charge in [-0.25, -0.2) is 4.98 Å². The average molecular weight is 262 g/mol. The lowest BCUT2D eigenvalue weighted by Crippen LogP contribution is -1.77. The van der Waals surface area contributed by atoms with Crippen LogP contribution in [0.3, 0.4) is 0 Å². The largest absolute Gasteiger partial charge is 0.375 e. The molecule has 1 aromatic heterocycles. The minimum absolute atomic E-state index is 0. The fourth-order valence-corrected chi connectivity index (χ4v) is 0.617. The topological polar surface area (TPSA) is 38.9 Å². The molecule has 2 nitrogen and oxygen atoms in total. The van der Waals surface area contributed by atoms with Crippen LogP contribution in [0.15, 0.2) is 11.6 Å². The molecule has 0 fully saturated rings. The summed E-state index contributed by atoms with van der Waals surface area (Å²) < 4.78 is 0. The Kier molecular flexibility index (Phi) is 7.75. The van der Waals surface area contributed by atoms with Crippen LogP contribution in [0.2, 0.25) is 0 Å². The van der Waals surface area contributed by atoms with E-state index in [1.54, 1.807) is 6.20 Å². The first-order valence-corrected chi connectivity index (χ1v) is 2.42. The molecule has 0 aliphatic heterocycles. The zero-order valence-electron chi connectivity index (χ0n) is 3.90. The summed E-state index contributed by atoms with van der Waals surface area (Å²) in [6.45, 7) is 0. The number of halogens is 2. The van der Waals surface area contributed by atoms with Crippen molar-refractivity contribution in [3.05, 3.63) is 11.6 Å². The predicted molar refractivity (Wildman–Crippen MR) is 47.2 cm³/mol. The summed E-state index contributed by atoms with van der Waals surface area (Å²) in [5, 5.41) is 2.48. The standard InChI is InChI=1S/C3H4N2S.2BrH/c4-3-5-1-2-6-3;;/h1-2H,(H2,4,5);2*1H. The van der Waals surface area contributed by atoms with Gasteiger partial charge in [-0.05, 0) is 0 Å². The van der Waals surface area contributed by atoms with Crippen molar-refractivity contribution in [2.75, 3.05) is 5.73 Å². The Hall–Kier alpha value is 0.390. The Morgan fingerprint density at radius 1 is 1.50 bits per heavy atom. The highest BCUT2D eigenvalue weighted by atomic mass is 79.9. The van der Waals surface area contributed by atoms with E-state index >= 15 is 0 Å². The number of nitrogens with two attached hydrogens (primary N) is 1. The SMILES string of the molecule is Br.Br.Nc1nccs1. The smallest absolute Gasteiger partial charge is 0.179 e. The lowest BCUT2D eigenvalue weighted by Gasteiger charge is -1.67. The number of hydrogen-bond donors (Lipinski definition) is 1. The van der Waals surface area contributed by atoms with Crippen molar-refractivity contribution >= 4 is 50.4 Å². The minimum Gasteiger partial charge on any atom is -0.375 e. The van der Waals surface area contributed by atoms with E-state index in [0.29, 0.717) is 5.13 Å². The Bertz CT molecular complexity index is 119. The molecule has 0 aliphatic carbocycles. The van der Waals surface area contributed by atoms with Gasteiger partial charge in [0.2, 0.25) is 0 Å². The average Bonchev–Trinajstić information content (AvgIpc) is 1.86. The molecule has 48 valence electrons. The number of aromatic nitrogens is 1. The van der Waals surface area contributed by atoms with Crippen LogP contribution in [0.1, 0.15) is 0 Å². The second-order valence-electron chi connectivity index (χ2n) is 0.870. The minimum atomic E-state index is 0. The van der Waals surface area contributed by atoms with Crippen LogP contribution < -0.4 is 5.73 Å². The van der Waals surface area contributed by atoms with Crippen molar-refractivity contribution in [1.82, 2.24) is 4.98 Å². The van der Waals surface area contributed by atoms with E-state index in [-0.39, 0.29) is 34.0 Å². The molecular weight excluding hydrogens is 256 g/mol. The third kappa shape index (κ3) is 3.40. The Morgan fingerprint density at radius 3 is 2.25 bits per heavy atom. The number of hydrogen-bond acceptors (Lipinski definition) is 3. The third-order valence-corrected chi connectivity index (χ3v) is 1.06. The zero-order valence-corrected chi connectivity index (χ0v) is 8.15. The molecular formula is C3H6Br2N2S. The molecule has 0 saturated heterocycles. The molecule has 8 heavy (non-hydrogen) atoms. The van der Waals surface area contributed by atoms with Crippen molar-refractivity contribution in [3.63, 3.8) is 0 Å². The molecule has 1 heterocycles. The van der Waals surface area contributed by atoms with Crippen LogP contribution >= 0.6 is 45.3 Å². The summed E-state index contributed by atoms with van der Waals surface area (Å²) in [6, 6.07) is 0. The predicted octanol–water partition coefficient (Wildman–Crippen LogP) is 1.88. The highest BCUT2D eigenvalue weighted by Crippen LogP contribution is 2.02. The molecule has 5 heteroatoms. The van der Waals surface area contributed by atoms with Gasteiger partial charge >= 0.3 is 0 Å². The molecule has 1 rings (SSSR count). The second-order valence-corrected chi connectivity index (χ2v) is 1.80. The van der Waals surface area contributed by atoms with Gasteiger partial charge in [-0.3, -0.25) is 0 Å². The number of thiazole rings is 1. The molecule has 0 unspecified atom stereocenters. The maximum atomic E-state index is 5.19. The first-order chi connectivity index (χ1) is 2.89. The Balaban J connectivity index is 0. The van der Waals surface area contributed by atoms with Gasteiger partial charge in [-0.1, -0.05) is 0 Å². The summed E-state index contributed by atoms with van der Waals surface area (Å²) in [6.07, 6.45) is 1.68. The van der Waals surface area contributed by atoms with E-state index in [1.165, 1.54) is 11.3 Å². The van der Waals surface area contributed by atoms with Gasteiger partial charge in [0.1, 0.15) is 0 Å². The van der Waals surface area contributed by atoms with Crippen LogP contribution in [-0.2, 0) is 0 Å². The third-order valence-electron chi connectivity index (χ3n) is 0.451. The van der Waals surface area contributed by atoms with Gasteiger partial charge in [0.05, 0.1) is 0 Å². The summed E-state index contributed by atoms with van der Waals surface area (Å²) in [7, 11) is 0. The molecule has 0 amide bonds. The summed E-state index contributed by atoms with van der Waals surface area (Å²) in [5.74, 6) is 0. The molecule has 1 aromatic rings. The fourth-order valence-electron chi connectivity index (χ4n) is 0.234. The highest BCUT2D eigenvalue weighted by Gasteiger charge is 1.76. The zero-order chi connectivity index (χ0) is 4.41. The van der Waals surface area contributed by atoms with Gasteiger partial charge in [-0.15, -0.1) is 45.3 Å². The van der Waals surface area contributed by atoms with Crippen LogP contribution in [0.4, 0.5) is 5.13 Å². The summed E-state index contributed by atoms with van der Waals surface area (Å²) in [4.78, 5) is 3.71. The van der Waals surface area contributed by atoms with Crippen molar-refractivity contribution in [2.24, 2.45) is 0 Å². The van der Waals surface area contributed by atoms with Crippen LogP contribution in [-0.4, -0.2) is 4.98 Å². The van der Waals surface area contributed by atoms with Crippen molar-refractivity contribution in [3.8, 4) is 0 Å². The normalized spacial score (nSPS) is 6.50. The molecule has 0 radical (unpaired) electrons. The molecule has 0 saturated carbocycles. The first kappa shape index (κ1) is 11.2. The number of nitrogen functional groups attached to an aromatic ring is 1. The summed E-state index contributed by atoms with van der Waals surface area (Å²) >= 11 is 1.44. The van der Waals surface area contributed by atoms with Gasteiger partial charge in [0.15, 0.2) is 5.13 Å². The van der Waals surface area contributed by atoms with Crippen molar-refractivity contribution < 1.29 is 0 Å². The van der Waals surface area contributed by atoms with Gasteiger partial charge < -0.3 is 5.73 Å². The molecule has 0 atom stereocenters. The number of anilines is 1. The maximum Gasteiger partial charge on any atom is 0.179 e. The Morgan fingerprint density at radius 2 is 2.12 bits per heavy atom. The Labute approximate surface area is 72.7 Å². The molecule has 0 aromatic carbocycles. The lowest BCUT2D eigenvalue weighted by atomic mass is 11.0. The van der Waals surface area contributed by atoms with Crippen LogP contribution in [0.5, 0.6) is 0 Å². The van der Waals surface area contributed by atoms with E-state index in [0.717, 1.165) is 0 Å². The number of rotatable bonds is 0. The first-order valence-electron chi connectivity index (χ1n) is 1.54. The van der Waals surface area contributed by atoms with E-state index in [1.807, 2.05) is 5.38 Å². The second kappa shape index (κ2) is 5.53. The van der Waals surface area contributed by atoms with E-state index in [9.17, 15) is 0 Å². The molecule has 0 aliphatic rings. The molecule has 2 N–H and O–H groups in total.